The Morgan fingerprint density at radius 3 is 2.45 bits per heavy atom. The summed E-state index contributed by atoms with van der Waals surface area (Å²) in [7, 11) is 0. The summed E-state index contributed by atoms with van der Waals surface area (Å²) in [5, 5.41) is 23.7. The topological polar surface area (TPSA) is 64.9 Å². The number of aliphatic imine (C=N–C) groups is 1. The first kappa shape index (κ1) is 17.0. The van der Waals surface area contributed by atoms with Crippen LogP contribution < -0.4 is 5.32 Å². The first-order valence-electron chi connectivity index (χ1n) is 6.20. The molecular formula is C14H21ClN2O2S. The van der Waals surface area contributed by atoms with Gasteiger partial charge in [0.05, 0.1) is 5.54 Å². The SMILES string of the molecule is CSC1=NC(C)(c2ccc(O)cc2O)CC(C)(C)N1.Cl. The fourth-order valence-corrected chi connectivity index (χ4v) is 3.38. The monoisotopic (exact) mass is 316 g/mol. The highest BCUT2D eigenvalue weighted by atomic mass is 35.5. The minimum absolute atomic E-state index is 0. The van der Waals surface area contributed by atoms with E-state index >= 15 is 0 Å². The zero-order valence-electron chi connectivity index (χ0n) is 12.1. The molecule has 0 saturated carbocycles. The van der Waals surface area contributed by atoms with Gasteiger partial charge in [0.2, 0.25) is 0 Å². The summed E-state index contributed by atoms with van der Waals surface area (Å²) in [6.45, 7) is 6.25. The summed E-state index contributed by atoms with van der Waals surface area (Å²) in [6, 6.07) is 4.70. The van der Waals surface area contributed by atoms with Gasteiger partial charge in [0.1, 0.15) is 11.5 Å². The van der Waals surface area contributed by atoms with E-state index in [4.69, 9.17) is 4.99 Å². The van der Waals surface area contributed by atoms with Gasteiger partial charge < -0.3 is 15.5 Å². The Bertz CT molecular complexity index is 534. The average molecular weight is 317 g/mol. The molecule has 1 atom stereocenters. The van der Waals surface area contributed by atoms with Gasteiger partial charge in [-0.1, -0.05) is 11.8 Å². The van der Waals surface area contributed by atoms with Crippen molar-refractivity contribution in [3.63, 3.8) is 0 Å². The van der Waals surface area contributed by atoms with Crippen molar-refractivity contribution < 1.29 is 10.2 Å². The van der Waals surface area contributed by atoms with Gasteiger partial charge in [0, 0.05) is 17.2 Å². The number of rotatable bonds is 1. The third-order valence-electron chi connectivity index (χ3n) is 3.33. The lowest BCUT2D eigenvalue weighted by atomic mass is 9.79. The van der Waals surface area contributed by atoms with Crippen molar-refractivity contribution in [3.05, 3.63) is 23.8 Å². The molecule has 112 valence electrons. The molecule has 0 amide bonds. The predicted octanol–water partition coefficient (Wildman–Crippen LogP) is 3.23. The molecule has 2 rings (SSSR count). The van der Waals surface area contributed by atoms with Crippen LogP contribution in [0.15, 0.2) is 23.2 Å². The van der Waals surface area contributed by atoms with Crippen molar-refractivity contribution in [1.82, 2.24) is 5.32 Å². The van der Waals surface area contributed by atoms with Crippen LogP contribution in [0.4, 0.5) is 0 Å². The largest absolute Gasteiger partial charge is 0.508 e. The highest BCUT2D eigenvalue weighted by Crippen LogP contribution is 2.42. The predicted molar refractivity (Wildman–Crippen MR) is 87.2 cm³/mol. The number of aromatic hydroxyl groups is 2. The molecule has 4 nitrogen and oxygen atoms in total. The van der Waals surface area contributed by atoms with Crippen molar-refractivity contribution in [1.29, 1.82) is 0 Å². The van der Waals surface area contributed by atoms with Crippen LogP contribution in [0, 0.1) is 0 Å². The van der Waals surface area contributed by atoms with Crippen LogP contribution >= 0.6 is 24.2 Å². The van der Waals surface area contributed by atoms with Crippen LogP contribution in [0.1, 0.15) is 32.8 Å². The Hall–Kier alpha value is -1.07. The Labute approximate surface area is 130 Å². The van der Waals surface area contributed by atoms with E-state index in [1.165, 1.54) is 6.07 Å². The molecule has 0 aliphatic carbocycles. The minimum Gasteiger partial charge on any atom is -0.508 e. The lowest BCUT2D eigenvalue weighted by Crippen LogP contribution is -2.51. The average Bonchev–Trinajstić information content (AvgIpc) is 2.25. The molecule has 1 unspecified atom stereocenters. The molecule has 6 heteroatoms. The van der Waals surface area contributed by atoms with Crippen LogP contribution in [0.5, 0.6) is 11.5 Å². The number of hydrogen-bond donors (Lipinski definition) is 3. The zero-order chi connectivity index (χ0) is 14.3. The van der Waals surface area contributed by atoms with Crippen LogP contribution in [-0.2, 0) is 5.54 Å². The summed E-state index contributed by atoms with van der Waals surface area (Å²) in [6.07, 6.45) is 2.74. The van der Waals surface area contributed by atoms with E-state index in [-0.39, 0.29) is 29.4 Å². The van der Waals surface area contributed by atoms with E-state index in [0.717, 1.165) is 17.2 Å². The lowest BCUT2D eigenvalue weighted by molar-refractivity contribution is 0.286. The highest BCUT2D eigenvalue weighted by molar-refractivity contribution is 8.13. The van der Waals surface area contributed by atoms with Gasteiger partial charge >= 0.3 is 0 Å². The van der Waals surface area contributed by atoms with Gasteiger partial charge in [-0.25, -0.2) is 0 Å². The molecule has 20 heavy (non-hydrogen) atoms. The maximum Gasteiger partial charge on any atom is 0.157 e. The fraction of sp³-hybridized carbons (Fsp3) is 0.500. The quantitative estimate of drug-likeness (QED) is 0.744. The lowest BCUT2D eigenvalue weighted by Gasteiger charge is -2.41. The van der Waals surface area contributed by atoms with Crippen LogP contribution in [0.25, 0.3) is 0 Å². The van der Waals surface area contributed by atoms with Gasteiger partial charge in [0.15, 0.2) is 5.17 Å². The van der Waals surface area contributed by atoms with Gasteiger partial charge in [-0.05, 0) is 45.6 Å². The van der Waals surface area contributed by atoms with E-state index in [2.05, 4.69) is 19.2 Å². The molecule has 1 aromatic rings. The standard InChI is InChI=1S/C14H20N2O2S.ClH/c1-13(2)8-14(3,16-12(15-13)19-4)10-6-5-9(17)7-11(10)18;/h5-7,17-18H,8H2,1-4H3,(H,15,16);1H. The molecule has 0 bridgehead atoms. The molecule has 0 fully saturated rings. The first-order chi connectivity index (χ1) is 8.76. The molecule has 0 saturated heterocycles. The van der Waals surface area contributed by atoms with Gasteiger partial charge in [0.25, 0.3) is 0 Å². The summed E-state index contributed by atoms with van der Waals surface area (Å²) < 4.78 is 0. The minimum atomic E-state index is -0.495. The smallest absolute Gasteiger partial charge is 0.157 e. The second kappa shape index (κ2) is 5.74. The third kappa shape index (κ3) is 3.33. The number of thioether (sulfide) groups is 1. The van der Waals surface area contributed by atoms with Crippen molar-refractivity contribution in [3.8, 4) is 11.5 Å². The first-order valence-corrected chi connectivity index (χ1v) is 7.43. The maximum atomic E-state index is 10.1. The number of nitrogens with one attached hydrogen (secondary N) is 1. The summed E-state index contributed by atoms with van der Waals surface area (Å²) in [5.74, 6) is 0.150. The Morgan fingerprint density at radius 1 is 1.25 bits per heavy atom. The van der Waals surface area contributed by atoms with Gasteiger partial charge in [-0.3, -0.25) is 4.99 Å². The number of hydrogen-bond acceptors (Lipinski definition) is 5. The van der Waals surface area contributed by atoms with E-state index < -0.39 is 5.54 Å². The molecule has 0 aromatic heterocycles. The maximum absolute atomic E-state index is 10.1. The Balaban J connectivity index is 0.00000200. The zero-order valence-corrected chi connectivity index (χ0v) is 13.7. The van der Waals surface area contributed by atoms with Crippen molar-refractivity contribution >= 4 is 29.3 Å². The van der Waals surface area contributed by atoms with E-state index in [0.29, 0.717) is 0 Å². The number of phenols is 2. The third-order valence-corrected chi connectivity index (χ3v) is 3.91. The van der Waals surface area contributed by atoms with Crippen LogP contribution in [0.2, 0.25) is 0 Å². The fourth-order valence-electron chi connectivity index (χ4n) is 2.71. The molecule has 1 aliphatic heterocycles. The van der Waals surface area contributed by atoms with Gasteiger partial charge in [-0.2, -0.15) is 0 Å². The molecule has 3 N–H and O–H groups in total. The Kier molecular flexibility index (Phi) is 4.87. The second-order valence-electron chi connectivity index (χ2n) is 5.78. The molecule has 1 aliphatic rings. The van der Waals surface area contributed by atoms with Crippen molar-refractivity contribution in [2.75, 3.05) is 6.26 Å². The molecule has 1 aromatic carbocycles. The number of amidine groups is 1. The molecule has 0 spiro atoms. The van der Waals surface area contributed by atoms with Crippen molar-refractivity contribution in [2.24, 2.45) is 4.99 Å². The van der Waals surface area contributed by atoms with Crippen LogP contribution in [0.3, 0.4) is 0 Å². The van der Waals surface area contributed by atoms with E-state index in [1.54, 1.807) is 23.9 Å². The summed E-state index contributed by atoms with van der Waals surface area (Å²) in [5.41, 5.74) is 0.149. The highest BCUT2D eigenvalue weighted by Gasteiger charge is 2.40. The van der Waals surface area contributed by atoms with E-state index in [1.807, 2.05) is 13.2 Å². The van der Waals surface area contributed by atoms with Crippen LogP contribution in [-0.4, -0.2) is 27.2 Å². The second-order valence-corrected chi connectivity index (χ2v) is 6.58. The molecule has 1 heterocycles. The normalized spacial score (nSPS) is 24.3. The number of phenolic OH excluding ortho intramolecular Hbond substituents is 2. The summed E-state index contributed by atoms with van der Waals surface area (Å²) >= 11 is 1.56. The van der Waals surface area contributed by atoms with Gasteiger partial charge in [-0.15, -0.1) is 12.4 Å². The number of benzene rings is 1. The molecular weight excluding hydrogens is 296 g/mol. The van der Waals surface area contributed by atoms with E-state index in [9.17, 15) is 10.2 Å². The Morgan fingerprint density at radius 2 is 1.90 bits per heavy atom. The van der Waals surface area contributed by atoms with Crippen molar-refractivity contribution in [2.45, 2.75) is 38.3 Å². The number of nitrogens with zero attached hydrogens (tertiary/aromatic N) is 1. The molecule has 0 radical (unpaired) electrons. The number of halogens is 1. The summed E-state index contributed by atoms with van der Waals surface area (Å²) in [4.78, 5) is 4.72.